The van der Waals surface area contributed by atoms with Crippen LogP contribution >= 0.6 is 11.3 Å². The summed E-state index contributed by atoms with van der Waals surface area (Å²) in [4.78, 5) is 16.5. The first-order valence-corrected chi connectivity index (χ1v) is 8.79. The summed E-state index contributed by atoms with van der Waals surface area (Å²) in [6.07, 6.45) is 6.75. The van der Waals surface area contributed by atoms with Crippen molar-refractivity contribution in [2.24, 2.45) is 5.92 Å². The summed E-state index contributed by atoms with van der Waals surface area (Å²) in [6, 6.07) is 0. The lowest BCUT2D eigenvalue weighted by atomic mass is 9.90. The minimum atomic E-state index is -0.683. The van der Waals surface area contributed by atoms with Crippen LogP contribution in [-0.4, -0.2) is 24.1 Å². The van der Waals surface area contributed by atoms with Crippen molar-refractivity contribution in [3.63, 3.8) is 0 Å². The van der Waals surface area contributed by atoms with Crippen molar-refractivity contribution >= 4 is 22.4 Å². The molecule has 1 aliphatic carbocycles. The lowest BCUT2D eigenvalue weighted by molar-refractivity contribution is -0.148. The number of nitrogens with zero attached hydrogens (tertiary/aromatic N) is 1. The molecule has 5 heteroatoms. The summed E-state index contributed by atoms with van der Waals surface area (Å²) >= 11 is 1.56. The highest BCUT2D eigenvalue weighted by molar-refractivity contribution is 7.13. The molecular formula is C16H26N2O2S. The number of ether oxygens (including phenoxy) is 1. The van der Waals surface area contributed by atoms with Crippen LogP contribution in [0.3, 0.4) is 0 Å². The highest BCUT2D eigenvalue weighted by Crippen LogP contribution is 2.30. The largest absolute Gasteiger partial charge is 0.465 e. The monoisotopic (exact) mass is 310 g/mol. The smallest absolute Gasteiger partial charge is 0.317 e. The molecule has 0 saturated heterocycles. The van der Waals surface area contributed by atoms with E-state index in [1.807, 2.05) is 26.2 Å². The quantitative estimate of drug-likeness (QED) is 0.774. The van der Waals surface area contributed by atoms with E-state index in [4.69, 9.17) is 4.74 Å². The average Bonchev–Trinajstić information content (AvgIpc) is 3.10. The second kappa shape index (κ2) is 7.25. The molecule has 0 radical (unpaired) electrons. The van der Waals surface area contributed by atoms with Crippen molar-refractivity contribution < 1.29 is 9.53 Å². The number of aromatic nitrogens is 1. The Morgan fingerprint density at radius 3 is 2.86 bits per heavy atom. The van der Waals surface area contributed by atoms with Gasteiger partial charge in [0.2, 0.25) is 0 Å². The Bertz CT molecular complexity index is 465. The number of hydrogen-bond donors (Lipinski definition) is 1. The maximum Gasteiger partial charge on any atom is 0.317 e. The normalized spacial score (nSPS) is 16.1. The van der Waals surface area contributed by atoms with E-state index in [0.717, 1.165) is 23.3 Å². The summed E-state index contributed by atoms with van der Waals surface area (Å²) in [5.74, 6) is 0.667. The third kappa shape index (κ3) is 4.19. The standard InChI is InChI=1S/C16H26N2O2S/c1-4-20-14(19)16(2,3)13-11-21-15(18-13)17-10-9-12-7-5-6-8-12/h11-12H,4-10H2,1-3H3,(H,17,18). The van der Waals surface area contributed by atoms with Gasteiger partial charge in [0, 0.05) is 11.9 Å². The number of anilines is 1. The minimum absolute atomic E-state index is 0.215. The summed E-state index contributed by atoms with van der Waals surface area (Å²) in [7, 11) is 0. The van der Waals surface area contributed by atoms with Crippen LogP contribution in [0.25, 0.3) is 0 Å². The van der Waals surface area contributed by atoms with E-state index in [-0.39, 0.29) is 5.97 Å². The number of carbonyl (C=O) groups excluding carboxylic acids is 1. The molecule has 1 saturated carbocycles. The van der Waals surface area contributed by atoms with Crippen molar-refractivity contribution in [2.45, 2.75) is 58.3 Å². The third-order valence-electron chi connectivity index (χ3n) is 4.23. The fraction of sp³-hybridized carbons (Fsp3) is 0.750. The molecule has 4 nitrogen and oxygen atoms in total. The zero-order valence-electron chi connectivity index (χ0n) is 13.3. The van der Waals surface area contributed by atoms with Crippen LogP contribution in [0.1, 0.15) is 58.6 Å². The fourth-order valence-electron chi connectivity index (χ4n) is 2.74. The van der Waals surface area contributed by atoms with Gasteiger partial charge in [0.1, 0.15) is 5.41 Å². The summed E-state index contributed by atoms with van der Waals surface area (Å²) in [6.45, 7) is 6.92. The molecule has 21 heavy (non-hydrogen) atoms. The van der Waals surface area contributed by atoms with Gasteiger partial charge in [-0.3, -0.25) is 4.79 Å². The predicted molar refractivity (Wildman–Crippen MR) is 86.8 cm³/mol. The van der Waals surface area contributed by atoms with Gasteiger partial charge in [0.15, 0.2) is 5.13 Å². The molecule has 118 valence electrons. The maximum atomic E-state index is 12.0. The Hall–Kier alpha value is -1.10. The third-order valence-corrected chi connectivity index (χ3v) is 5.03. The SMILES string of the molecule is CCOC(=O)C(C)(C)c1csc(NCCC2CCCC2)n1. The molecule has 1 heterocycles. The molecule has 0 spiro atoms. The zero-order valence-corrected chi connectivity index (χ0v) is 14.1. The van der Waals surface area contributed by atoms with Crippen molar-refractivity contribution in [3.05, 3.63) is 11.1 Å². The number of hydrogen-bond acceptors (Lipinski definition) is 5. The first-order valence-electron chi connectivity index (χ1n) is 7.91. The Kier molecular flexibility index (Phi) is 5.62. The Morgan fingerprint density at radius 1 is 1.48 bits per heavy atom. The van der Waals surface area contributed by atoms with Crippen molar-refractivity contribution in [1.82, 2.24) is 4.98 Å². The van der Waals surface area contributed by atoms with E-state index in [1.54, 1.807) is 11.3 Å². The summed E-state index contributed by atoms with van der Waals surface area (Å²) in [5, 5.41) is 6.25. The Balaban J connectivity index is 1.86. The Morgan fingerprint density at radius 2 is 2.19 bits per heavy atom. The number of carbonyl (C=O) groups is 1. The van der Waals surface area contributed by atoms with E-state index < -0.39 is 5.41 Å². The molecular weight excluding hydrogens is 284 g/mol. The summed E-state index contributed by atoms with van der Waals surface area (Å²) in [5.41, 5.74) is 0.104. The molecule has 0 bridgehead atoms. The number of esters is 1. The van der Waals surface area contributed by atoms with E-state index >= 15 is 0 Å². The summed E-state index contributed by atoms with van der Waals surface area (Å²) < 4.78 is 5.12. The fourth-order valence-corrected chi connectivity index (χ4v) is 3.65. The molecule has 1 aromatic rings. The van der Waals surface area contributed by atoms with E-state index in [0.29, 0.717) is 6.61 Å². The molecule has 0 aromatic carbocycles. The zero-order chi connectivity index (χ0) is 15.3. The van der Waals surface area contributed by atoms with Gasteiger partial charge < -0.3 is 10.1 Å². The first kappa shape index (κ1) is 16.3. The molecule has 1 fully saturated rings. The van der Waals surface area contributed by atoms with Gasteiger partial charge in [-0.2, -0.15) is 0 Å². The van der Waals surface area contributed by atoms with E-state index in [9.17, 15) is 4.79 Å². The first-order chi connectivity index (χ1) is 10.0. The van der Waals surface area contributed by atoms with Crippen LogP contribution in [-0.2, 0) is 14.9 Å². The molecule has 0 atom stereocenters. The second-order valence-corrected chi connectivity index (χ2v) is 7.11. The van der Waals surface area contributed by atoms with Crippen LogP contribution < -0.4 is 5.32 Å². The maximum absolute atomic E-state index is 12.0. The van der Waals surface area contributed by atoms with Crippen LogP contribution in [0.2, 0.25) is 0 Å². The van der Waals surface area contributed by atoms with Crippen LogP contribution in [0.5, 0.6) is 0 Å². The van der Waals surface area contributed by atoms with E-state index in [1.165, 1.54) is 32.1 Å². The lowest BCUT2D eigenvalue weighted by Crippen LogP contribution is -2.31. The van der Waals surface area contributed by atoms with Crippen LogP contribution in [0.4, 0.5) is 5.13 Å². The molecule has 2 rings (SSSR count). The minimum Gasteiger partial charge on any atom is -0.465 e. The average molecular weight is 310 g/mol. The van der Waals surface area contributed by atoms with Gasteiger partial charge in [-0.25, -0.2) is 4.98 Å². The number of thiazole rings is 1. The number of rotatable bonds is 7. The van der Waals surface area contributed by atoms with E-state index in [2.05, 4.69) is 10.3 Å². The topological polar surface area (TPSA) is 51.2 Å². The molecule has 1 N–H and O–H groups in total. The van der Waals surface area contributed by atoms with Gasteiger partial charge in [-0.15, -0.1) is 11.3 Å². The number of nitrogens with one attached hydrogen (secondary N) is 1. The van der Waals surface area contributed by atoms with Crippen molar-refractivity contribution in [1.29, 1.82) is 0 Å². The molecule has 1 aromatic heterocycles. The molecule has 0 unspecified atom stereocenters. The van der Waals surface area contributed by atoms with Crippen LogP contribution in [0.15, 0.2) is 5.38 Å². The van der Waals surface area contributed by atoms with Gasteiger partial charge in [-0.05, 0) is 33.1 Å². The molecule has 1 aliphatic rings. The van der Waals surface area contributed by atoms with Gasteiger partial charge in [0.25, 0.3) is 0 Å². The van der Waals surface area contributed by atoms with Gasteiger partial charge in [0.05, 0.1) is 12.3 Å². The van der Waals surface area contributed by atoms with Crippen molar-refractivity contribution in [2.75, 3.05) is 18.5 Å². The van der Waals surface area contributed by atoms with Gasteiger partial charge in [-0.1, -0.05) is 25.7 Å². The Labute approximate surface area is 131 Å². The highest BCUT2D eigenvalue weighted by Gasteiger charge is 2.33. The second-order valence-electron chi connectivity index (χ2n) is 6.25. The highest BCUT2D eigenvalue weighted by atomic mass is 32.1. The predicted octanol–water partition coefficient (Wildman–Crippen LogP) is 3.98. The molecule has 0 amide bonds. The van der Waals surface area contributed by atoms with Crippen molar-refractivity contribution in [3.8, 4) is 0 Å². The van der Waals surface area contributed by atoms with Crippen LogP contribution in [0, 0.1) is 5.92 Å². The lowest BCUT2D eigenvalue weighted by Gasteiger charge is -2.19. The molecule has 0 aliphatic heterocycles. The van der Waals surface area contributed by atoms with Gasteiger partial charge >= 0.3 is 5.97 Å².